The van der Waals surface area contributed by atoms with Crippen LogP contribution in [0, 0.1) is 0 Å². The molecule has 1 nitrogen and oxygen atoms in total. The Morgan fingerprint density at radius 1 is 1.43 bits per heavy atom. The maximum Gasteiger partial charge on any atom is 0.239 e. The monoisotopic (exact) mass is 117 g/mol. The van der Waals surface area contributed by atoms with Crippen molar-refractivity contribution in [2.75, 3.05) is 0 Å². The Hall–Kier alpha value is -0.110. The van der Waals surface area contributed by atoms with Crippen molar-refractivity contribution >= 4 is 17.8 Å². The van der Waals surface area contributed by atoms with Crippen molar-refractivity contribution in [3.63, 3.8) is 0 Å². The van der Waals surface area contributed by atoms with Gasteiger partial charge in [0.15, 0.2) is 0 Å². The molecule has 0 rings (SSSR count). The highest BCUT2D eigenvalue weighted by Gasteiger charge is 2.07. The van der Waals surface area contributed by atoms with Crippen molar-refractivity contribution in [3.05, 3.63) is 0 Å². The van der Waals surface area contributed by atoms with Gasteiger partial charge in [0, 0.05) is 0 Å². The van der Waals surface area contributed by atoms with Gasteiger partial charge >= 0.3 is 0 Å². The van der Waals surface area contributed by atoms with Gasteiger partial charge in [-0.3, -0.25) is 0 Å². The van der Waals surface area contributed by atoms with Crippen LogP contribution in [-0.4, -0.2) is 11.2 Å². The van der Waals surface area contributed by atoms with E-state index in [1.165, 1.54) is 0 Å². The van der Waals surface area contributed by atoms with Crippen LogP contribution in [0.3, 0.4) is 0 Å². The first kappa shape index (κ1) is 6.89. The van der Waals surface area contributed by atoms with Gasteiger partial charge in [-0.25, -0.2) is 0 Å². The maximum absolute atomic E-state index is 4.79. The summed E-state index contributed by atoms with van der Waals surface area (Å²) in [6.07, 6.45) is 0. The summed E-state index contributed by atoms with van der Waals surface area (Å²) in [5.74, 6) is 0. The average molecular weight is 117 g/mol. The van der Waals surface area contributed by atoms with Crippen LogP contribution in [0.25, 0.3) is 0 Å². The van der Waals surface area contributed by atoms with Crippen LogP contribution in [0.4, 0.5) is 0 Å². The van der Waals surface area contributed by atoms with E-state index in [1.54, 1.807) is 0 Å². The molecule has 0 unspecified atom stereocenters. The SMILES string of the molecule is CC(C)(C)O[C]=S. The fourth-order valence-electron chi connectivity index (χ4n) is 0.125. The van der Waals surface area contributed by atoms with E-state index in [2.05, 4.69) is 17.8 Å². The Balaban J connectivity index is 3.34. The second-order valence-electron chi connectivity index (χ2n) is 2.30. The number of hydrogen-bond donors (Lipinski definition) is 0. The number of ether oxygens (including phenoxy) is 1. The third-order valence-electron chi connectivity index (χ3n) is 0.348. The zero-order chi connectivity index (χ0) is 5.91. The van der Waals surface area contributed by atoms with Gasteiger partial charge in [0.2, 0.25) is 5.55 Å². The predicted octanol–water partition coefficient (Wildman–Crippen LogP) is 1.64. The topological polar surface area (TPSA) is 9.23 Å². The molecule has 0 aliphatic heterocycles. The molecule has 0 atom stereocenters. The molecule has 0 amide bonds. The average Bonchev–Trinajstić information content (AvgIpc) is 1.30. The summed E-state index contributed by atoms with van der Waals surface area (Å²) in [6.45, 7) is 5.77. The molecular weight excluding hydrogens is 108 g/mol. The smallest absolute Gasteiger partial charge is 0.239 e. The highest BCUT2D eigenvalue weighted by atomic mass is 32.1. The van der Waals surface area contributed by atoms with E-state index in [-0.39, 0.29) is 5.60 Å². The van der Waals surface area contributed by atoms with E-state index in [0.717, 1.165) is 0 Å². The van der Waals surface area contributed by atoms with Crippen molar-refractivity contribution in [2.45, 2.75) is 26.4 Å². The normalized spacial score (nSPS) is 10.7. The molecule has 7 heavy (non-hydrogen) atoms. The second kappa shape index (κ2) is 2.26. The molecular formula is C5H9OS. The first-order valence-electron chi connectivity index (χ1n) is 2.11. The molecule has 0 aliphatic carbocycles. The van der Waals surface area contributed by atoms with Crippen LogP contribution in [0.5, 0.6) is 0 Å². The molecule has 0 saturated heterocycles. The van der Waals surface area contributed by atoms with Crippen LogP contribution in [0.1, 0.15) is 20.8 Å². The lowest BCUT2D eigenvalue weighted by molar-refractivity contribution is 0.131. The van der Waals surface area contributed by atoms with Gasteiger partial charge in [-0.15, -0.1) is 0 Å². The minimum Gasteiger partial charge on any atom is -0.474 e. The Morgan fingerprint density at radius 2 is 1.86 bits per heavy atom. The lowest BCUT2D eigenvalue weighted by atomic mass is 10.2. The second-order valence-corrected chi connectivity index (χ2v) is 2.46. The summed E-state index contributed by atoms with van der Waals surface area (Å²) in [5, 5.41) is 0. The minimum absolute atomic E-state index is 0.165. The molecule has 0 aromatic heterocycles. The first-order chi connectivity index (χ1) is 3.06. The zero-order valence-electron chi connectivity index (χ0n) is 4.82. The summed E-state index contributed by atoms with van der Waals surface area (Å²) < 4.78 is 4.79. The van der Waals surface area contributed by atoms with Crippen molar-refractivity contribution in [2.24, 2.45) is 0 Å². The Kier molecular flexibility index (Phi) is 2.23. The summed E-state index contributed by atoms with van der Waals surface area (Å²) >= 11 is 4.33. The summed E-state index contributed by atoms with van der Waals surface area (Å²) in [5.41, 5.74) is 2.03. The Morgan fingerprint density at radius 3 is 1.86 bits per heavy atom. The van der Waals surface area contributed by atoms with Crippen LogP contribution < -0.4 is 0 Å². The lowest BCUT2D eigenvalue weighted by Crippen LogP contribution is -2.16. The van der Waals surface area contributed by atoms with Crippen LogP contribution in [-0.2, 0) is 4.74 Å². The molecule has 0 heterocycles. The quantitative estimate of drug-likeness (QED) is 0.483. The van der Waals surface area contributed by atoms with Crippen molar-refractivity contribution in [1.29, 1.82) is 0 Å². The van der Waals surface area contributed by atoms with E-state index < -0.39 is 0 Å². The predicted molar refractivity (Wildman–Crippen MR) is 33.4 cm³/mol. The summed E-state index contributed by atoms with van der Waals surface area (Å²) in [6, 6.07) is 0. The molecule has 0 bridgehead atoms. The van der Waals surface area contributed by atoms with E-state index >= 15 is 0 Å². The summed E-state index contributed by atoms with van der Waals surface area (Å²) in [7, 11) is 0. The fourth-order valence-corrected chi connectivity index (χ4v) is 0.375. The Bertz CT molecular complexity index is 63.0. The van der Waals surface area contributed by atoms with Crippen molar-refractivity contribution in [3.8, 4) is 0 Å². The molecule has 0 fully saturated rings. The largest absolute Gasteiger partial charge is 0.474 e. The molecule has 0 aromatic carbocycles. The van der Waals surface area contributed by atoms with Gasteiger partial charge < -0.3 is 4.74 Å². The molecule has 2 heteroatoms. The van der Waals surface area contributed by atoms with Gasteiger partial charge in [0.1, 0.15) is 5.60 Å². The standard InChI is InChI=1S/C5H9OS/c1-5(2,3)6-4-7/h1-3H3. The highest BCUT2D eigenvalue weighted by molar-refractivity contribution is 7.78. The molecule has 0 saturated carbocycles. The van der Waals surface area contributed by atoms with E-state index in [4.69, 9.17) is 4.74 Å². The minimum atomic E-state index is -0.165. The lowest BCUT2D eigenvalue weighted by Gasteiger charge is -2.14. The van der Waals surface area contributed by atoms with E-state index in [1.807, 2.05) is 20.8 Å². The van der Waals surface area contributed by atoms with Crippen LogP contribution in [0.2, 0.25) is 0 Å². The van der Waals surface area contributed by atoms with Gasteiger partial charge in [-0.05, 0) is 33.0 Å². The Labute approximate surface area is 49.7 Å². The number of thiocarbonyl (C=S) groups is 1. The van der Waals surface area contributed by atoms with Gasteiger partial charge in [0.05, 0.1) is 0 Å². The zero-order valence-corrected chi connectivity index (χ0v) is 5.63. The number of hydrogen-bond acceptors (Lipinski definition) is 2. The van der Waals surface area contributed by atoms with Crippen LogP contribution >= 0.6 is 12.2 Å². The summed E-state index contributed by atoms with van der Waals surface area (Å²) in [4.78, 5) is 0. The van der Waals surface area contributed by atoms with Crippen LogP contribution in [0.15, 0.2) is 0 Å². The fraction of sp³-hybridized carbons (Fsp3) is 0.800. The van der Waals surface area contributed by atoms with Gasteiger partial charge in [-0.1, -0.05) is 0 Å². The van der Waals surface area contributed by atoms with E-state index in [0.29, 0.717) is 0 Å². The van der Waals surface area contributed by atoms with E-state index in [9.17, 15) is 0 Å². The third-order valence-corrected chi connectivity index (χ3v) is 0.431. The van der Waals surface area contributed by atoms with Gasteiger partial charge in [0.25, 0.3) is 0 Å². The highest BCUT2D eigenvalue weighted by Crippen LogP contribution is 2.03. The molecule has 41 valence electrons. The maximum atomic E-state index is 4.79. The molecule has 0 spiro atoms. The molecule has 1 radical (unpaired) electrons. The van der Waals surface area contributed by atoms with Gasteiger partial charge in [-0.2, -0.15) is 0 Å². The third kappa shape index (κ3) is 5.89. The number of rotatable bonds is 1. The van der Waals surface area contributed by atoms with Crippen molar-refractivity contribution in [1.82, 2.24) is 0 Å². The van der Waals surface area contributed by atoms with Crippen molar-refractivity contribution < 1.29 is 4.74 Å². The molecule has 0 aromatic rings. The molecule has 0 aliphatic rings. The first-order valence-corrected chi connectivity index (χ1v) is 2.52. The molecule has 0 N–H and O–H groups in total.